The minimum absolute atomic E-state index is 0.0796. The van der Waals surface area contributed by atoms with Crippen LogP contribution in [0.5, 0.6) is 0 Å². The summed E-state index contributed by atoms with van der Waals surface area (Å²) in [6, 6.07) is 0. The van der Waals surface area contributed by atoms with Crippen LogP contribution in [0, 0.1) is 22.7 Å². The van der Waals surface area contributed by atoms with Gasteiger partial charge in [-0.05, 0) is 24.7 Å². The molecule has 3 heteroatoms. The minimum Gasteiger partial charge on any atom is -0.396 e. The lowest BCUT2D eigenvalue weighted by Gasteiger charge is -2.54. The van der Waals surface area contributed by atoms with Crippen molar-refractivity contribution in [3.8, 4) is 0 Å². The Morgan fingerprint density at radius 3 is 2.72 bits per heavy atom. The maximum Gasteiger partial charge on any atom is 0.165 e. The van der Waals surface area contributed by atoms with Gasteiger partial charge in [0.15, 0.2) is 5.78 Å². The van der Waals surface area contributed by atoms with Crippen LogP contribution in [-0.4, -0.2) is 28.2 Å². The Morgan fingerprint density at radius 1 is 1.44 bits per heavy atom. The molecule has 3 aliphatic rings. The molecule has 0 radical (unpaired) electrons. The Morgan fingerprint density at radius 2 is 2.11 bits per heavy atom. The minimum atomic E-state index is -1.34. The predicted octanol–water partition coefficient (Wildman–Crippen LogP) is 1.68. The number of aliphatic hydroxyl groups is 2. The summed E-state index contributed by atoms with van der Waals surface area (Å²) < 4.78 is 0. The van der Waals surface area contributed by atoms with Crippen LogP contribution in [0.1, 0.15) is 40.0 Å². The van der Waals surface area contributed by atoms with Gasteiger partial charge in [0.1, 0.15) is 5.60 Å². The SMILES string of the molecule is C[C@@H]1CC=C2[C@@H]1C[C@@]1(O)C(=O)C[C@@]2(C)[C@@]1(C)CO. The van der Waals surface area contributed by atoms with Crippen molar-refractivity contribution >= 4 is 5.78 Å². The largest absolute Gasteiger partial charge is 0.396 e. The van der Waals surface area contributed by atoms with E-state index in [0.29, 0.717) is 24.7 Å². The number of fused-ring (bicyclic) bond motifs is 4. The molecular weight excluding hydrogens is 228 g/mol. The number of carbonyl (C=O) groups excluding carboxylic acids is 1. The van der Waals surface area contributed by atoms with Crippen LogP contribution in [-0.2, 0) is 4.79 Å². The average Bonchev–Trinajstić information content (AvgIpc) is 2.71. The molecule has 5 atom stereocenters. The lowest BCUT2D eigenvalue weighted by molar-refractivity contribution is -0.162. The molecule has 3 rings (SSSR count). The van der Waals surface area contributed by atoms with Crippen molar-refractivity contribution in [1.82, 2.24) is 0 Å². The van der Waals surface area contributed by atoms with E-state index in [2.05, 4.69) is 19.9 Å². The van der Waals surface area contributed by atoms with Crippen molar-refractivity contribution in [1.29, 1.82) is 0 Å². The van der Waals surface area contributed by atoms with Gasteiger partial charge in [0.25, 0.3) is 0 Å². The van der Waals surface area contributed by atoms with Gasteiger partial charge in [-0.25, -0.2) is 0 Å². The average molecular weight is 250 g/mol. The van der Waals surface area contributed by atoms with Crippen LogP contribution >= 0.6 is 0 Å². The zero-order chi connectivity index (χ0) is 13.3. The lowest BCUT2D eigenvalue weighted by atomic mass is 9.51. The van der Waals surface area contributed by atoms with Crippen molar-refractivity contribution in [3.63, 3.8) is 0 Å². The van der Waals surface area contributed by atoms with E-state index < -0.39 is 11.0 Å². The highest BCUT2D eigenvalue weighted by Crippen LogP contribution is 2.69. The van der Waals surface area contributed by atoms with Crippen molar-refractivity contribution in [2.75, 3.05) is 6.61 Å². The summed E-state index contributed by atoms with van der Waals surface area (Å²) in [5.74, 6) is 0.732. The van der Waals surface area contributed by atoms with E-state index in [0.717, 1.165) is 6.42 Å². The van der Waals surface area contributed by atoms with Gasteiger partial charge in [0, 0.05) is 17.3 Å². The van der Waals surface area contributed by atoms with E-state index in [1.807, 2.05) is 6.92 Å². The first-order valence-electron chi connectivity index (χ1n) is 6.87. The van der Waals surface area contributed by atoms with Gasteiger partial charge in [-0.3, -0.25) is 4.79 Å². The number of hydrogen-bond acceptors (Lipinski definition) is 3. The molecule has 0 spiro atoms. The summed E-state index contributed by atoms with van der Waals surface area (Å²) in [7, 11) is 0. The lowest BCUT2D eigenvalue weighted by Crippen LogP contribution is -2.59. The Balaban J connectivity index is 2.20. The van der Waals surface area contributed by atoms with Gasteiger partial charge < -0.3 is 10.2 Å². The van der Waals surface area contributed by atoms with Crippen LogP contribution in [0.3, 0.4) is 0 Å². The third kappa shape index (κ3) is 1.03. The van der Waals surface area contributed by atoms with Gasteiger partial charge in [-0.1, -0.05) is 32.4 Å². The number of rotatable bonds is 1. The van der Waals surface area contributed by atoms with Crippen LogP contribution in [0.2, 0.25) is 0 Å². The Labute approximate surface area is 108 Å². The van der Waals surface area contributed by atoms with Crippen LogP contribution in [0.15, 0.2) is 11.6 Å². The van der Waals surface area contributed by atoms with Crippen LogP contribution in [0.25, 0.3) is 0 Å². The fourth-order valence-corrected chi connectivity index (χ4v) is 4.69. The predicted molar refractivity (Wildman–Crippen MR) is 67.8 cm³/mol. The number of aliphatic hydroxyl groups excluding tert-OH is 1. The quantitative estimate of drug-likeness (QED) is 0.696. The second-order valence-electron chi connectivity index (χ2n) is 6.97. The molecular formula is C15H22O3. The van der Waals surface area contributed by atoms with E-state index in [4.69, 9.17) is 0 Å². The van der Waals surface area contributed by atoms with Crippen LogP contribution in [0.4, 0.5) is 0 Å². The number of hydrogen-bond donors (Lipinski definition) is 2. The van der Waals surface area contributed by atoms with E-state index >= 15 is 0 Å². The smallest absolute Gasteiger partial charge is 0.165 e. The molecule has 0 amide bonds. The van der Waals surface area contributed by atoms with Crippen molar-refractivity contribution < 1.29 is 15.0 Å². The summed E-state index contributed by atoms with van der Waals surface area (Å²) >= 11 is 0. The Hall–Kier alpha value is -0.670. The highest BCUT2D eigenvalue weighted by molar-refractivity contribution is 5.93. The maximum atomic E-state index is 12.3. The highest BCUT2D eigenvalue weighted by atomic mass is 16.3. The molecule has 0 heterocycles. The van der Waals surface area contributed by atoms with Gasteiger partial charge in [-0.2, -0.15) is 0 Å². The molecule has 0 aromatic carbocycles. The standard InChI is InChI=1S/C15H22O3/c1-9-4-5-11-10(9)6-15(18)12(17)7-13(11,2)14(15,3)8-16/h5,9-10,16,18H,4,6-8H2,1-3H3/t9-,10-,13-,14-,15-/m1/s1. The molecule has 2 bridgehead atoms. The third-order valence-corrected chi connectivity index (χ3v) is 6.37. The molecule has 100 valence electrons. The van der Waals surface area contributed by atoms with E-state index in [1.165, 1.54) is 5.57 Å². The highest BCUT2D eigenvalue weighted by Gasteiger charge is 2.72. The van der Waals surface area contributed by atoms with E-state index in [1.54, 1.807) is 0 Å². The molecule has 3 aliphatic carbocycles. The first-order chi connectivity index (χ1) is 8.30. The molecule has 0 unspecified atom stereocenters. The number of Topliss-reactive ketones (excluding diaryl/α,β-unsaturated/α-hetero) is 1. The third-order valence-electron chi connectivity index (χ3n) is 6.37. The van der Waals surface area contributed by atoms with Crippen molar-refractivity contribution in [2.24, 2.45) is 22.7 Å². The molecule has 0 aromatic heterocycles. The first kappa shape index (κ1) is 12.4. The fraction of sp³-hybridized carbons (Fsp3) is 0.800. The molecule has 0 aromatic rings. The molecule has 18 heavy (non-hydrogen) atoms. The van der Waals surface area contributed by atoms with Crippen molar-refractivity contribution in [3.05, 3.63) is 11.6 Å². The second kappa shape index (κ2) is 3.26. The molecule has 0 aliphatic heterocycles. The summed E-state index contributed by atoms with van der Waals surface area (Å²) in [5, 5.41) is 20.7. The molecule has 3 nitrogen and oxygen atoms in total. The Bertz CT molecular complexity index is 455. The van der Waals surface area contributed by atoms with Crippen molar-refractivity contribution in [2.45, 2.75) is 45.6 Å². The van der Waals surface area contributed by atoms with Crippen LogP contribution < -0.4 is 0 Å². The summed E-state index contributed by atoms with van der Waals surface area (Å²) in [4.78, 5) is 12.3. The zero-order valence-corrected chi connectivity index (χ0v) is 11.4. The van der Waals surface area contributed by atoms with Gasteiger partial charge >= 0.3 is 0 Å². The molecule has 2 N–H and O–H groups in total. The topological polar surface area (TPSA) is 57.5 Å². The maximum absolute atomic E-state index is 12.3. The number of allylic oxidation sites excluding steroid dienone is 2. The number of ketones is 1. The molecule has 2 fully saturated rings. The molecule has 2 saturated carbocycles. The van der Waals surface area contributed by atoms with Gasteiger partial charge in [0.2, 0.25) is 0 Å². The normalized spacial score (nSPS) is 54.5. The fourth-order valence-electron chi connectivity index (χ4n) is 4.69. The summed E-state index contributed by atoms with van der Waals surface area (Å²) in [6.45, 7) is 5.98. The zero-order valence-electron chi connectivity index (χ0n) is 11.4. The summed E-state index contributed by atoms with van der Waals surface area (Å²) in [6.07, 6.45) is 4.14. The first-order valence-corrected chi connectivity index (χ1v) is 6.87. The van der Waals surface area contributed by atoms with E-state index in [-0.39, 0.29) is 17.8 Å². The summed E-state index contributed by atoms with van der Waals surface area (Å²) in [5.41, 5.74) is -1.14. The molecule has 0 saturated heterocycles. The Kier molecular flexibility index (Phi) is 2.24. The van der Waals surface area contributed by atoms with E-state index in [9.17, 15) is 15.0 Å². The monoisotopic (exact) mass is 250 g/mol. The van der Waals surface area contributed by atoms with Gasteiger partial charge in [-0.15, -0.1) is 0 Å². The number of carbonyl (C=O) groups is 1. The second-order valence-corrected chi connectivity index (χ2v) is 6.97. The van der Waals surface area contributed by atoms with Gasteiger partial charge in [0.05, 0.1) is 6.61 Å².